The second-order valence-corrected chi connectivity index (χ2v) is 8.68. The Morgan fingerprint density at radius 1 is 1.14 bits per heavy atom. The fourth-order valence-electron chi connectivity index (χ4n) is 3.29. The smallest absolute Gasteiger partial charge is 0.312 e. The van der Waals surface area contributed by atoms with E-state index in [9.17, 15) is 18.0 Å². The van der Waals surface area contributed by atoms with E-state index in [1.54, 1.807) is 30.0 Å². The van der Waals surface area contributed by atoms with E-state index in [0.717, 1.165) is 16.7 Å². The molecule has 3 amide bonds. The van der Waals surface area contributed by atoms with Crippen molar-refractivity contribution in [3.05, 3.63) is 65.2 Å². The van der Waals surface area contributed by atoms with Gasteiger partial charge < -0.3 is 16.0 Å². The van der Waals surface area contributed by atoms with Crippen molar-refractivity contribution in [2.75, 3.05) is 13.1 Å². The molecule has 3 rings (SSSR count). The van der Waals surface area contributed by atoms with Crippen LogP contribution in [0.2, 0.25) is 0 Å². The Balaban J connectivity index is 1.71. The van der Waals surface area contributed by atoms with Crippen LogP contribution >= 0.6 is 0 Å². The fraction of sp³-hybridized carbons (Fsp3) is 0.300. The van der Waals surface area contributed by atoms with Crippen LogP contribution in [0.3, 0.4) is 0 Å². The third kappa shape index (κ3) is 5.12. The van der Waals surface area contributed by atoms with Crippen molar-refractivity contribution >= 4 is 22.0 Å². The lowest BCUT2D eigenvalue weighted by Crippen LogP contribution is -2.43. The van der Waals surface area contributed by atoms with Gasteiger partial charge in [0, 0.05) is 19.1 Å². The molecule has 29 heavy (non-hydrogen) atoms. The molecule has 0 aliphatic carbocycles. The highest BCUT2D eigenvalue weighted by molar-refractivity contribution is 7.89. The van der Waals surface area contributed by atoms with Crippen LogP contribution < -0.4 is 15.8 Å². The first-order chi connectivity index (χ1) is 13.8. The standard InChI is InChI=1S/C20H24N4O4S/c1-14(15-5-3-2-4-6-15)23-29(27,28)18-8-7-17-13-24(10-9-16(17)11-18)19(25)12-22-20(21)26/h2-8,11,14,23H,9-10,12-13H2,1H3,(H3,21,22,26). The summed E-state index contributed by atoms with van der Waals surface area (Å²) >= 11 is 0. The number of carbonyl (C=O) groups is 2. The van der Waals surface area contributed by atoms with Crippen LogP contribution in [0, 0.1) is 0 Å². The average molecular weight is 417 g/mol. The van der Waals surface area contributed by atoms with Crippen LogP contribution in [0.1, 0.15) is 29.7 Å². The average Bonchev–Trinajstić information content (AvgIpc) is 2.71. The maximum absolute atomic E-state index is 12.8. The van der Waals surface area contributed by atoms with Gasteiger partial charge in [0.05, 0.1) is 11.4 Å². The topological polar surface area (TPSA) is 122 Å². The third-order valence-electron chi connectivity index (χ3n) is 4.90. The third-order valence-corrected chi connectivity index (χ3v) is 6.44. The SMILES string of the molecule is CC(NS(=O)(=O)c1ccc2c(c1)CCN(C(=O)CNC(N)=O)C2)c1ccccc1. The lowest BCUT2D eigenvalue weighted by atomic mass is 10.00. The molecule has 1 atom stereocenters. The molecule has 154 valence electrons. The Hall–Kier alpha value is -2.91. The summed E-state index contributed by atoms with van der Waals surface area (Å²) in [6, 6.07) is 13.2. The number of urea groups is 1. The maximum atomic E-state index is 12.8. The van der Waals surface area contributed by atoms with E-state index < -0.39 is 16.1 Å². The predicted molar refractivity (Wildman–Crippen MR) is 108 cm³/mol. The van der Waals surface area contributed by atoms with Crippen molar-refractivity contribution in [1.29, 1.82) is 0 Å². The van der Waals surface area contributed by atoms with Gasteiger partial charge in [-0.1, -0.05) is 36.4 Å². The van der Waals surface area contributed by atoms with Crippen LogP contribution in [0.4, 0.5) is 4.79 Å². The number of nitrogens with two attached hydrogens (primary N) is 1. The minimum atomic E-state index is -3.68. The lowest BCUT2D eigenvalue weighted by molar-refractivity contribution is -0.130. The molecule has 0 fully saturated rings. The van der Waals surface area contributed by atoms with Crippen LogP contribution in [-0.4, -0.2) is 38.3 Å². The Bertz CT molecular complexity index is 1010. The van der Waals surface area contributed by atoms with Crippen molar-refractivity contribution < 1.29 is 18.0 Å². The summed E-state index contributed by atoms with van der Waals surface area (Å²) in [5, 5.41) is 2.29. The minimum Gasteiger partial charge on any atom is -0.352 e. The number of sulfonamides is 1. The number of carbonyl (C=O) groups excluding carboxylic acids is 2. The van der Waals surface area contributed by atoms with E-state index in [0.29, 0.717) is 19.5 Å². The number of amides is 3. The van der Waals surface area contributed by atoms with E-state index in [4.69, 9.17) is 5.73 Å². The highest BCUT2D eigenvalue weighted by Crippen LogP contribution is 2.24. The number of nitrogens with zero attached hydrogens (tertiary/aromatic N) is 1. The molecule has 1 heterocycles. The Morgan fingerprint density at radius 3 is 2.55 bits per heavy atom. The molecule has 0 saturated carbocycles. The molecule has 1 unspecified atom stereocenters. The first kappa shape index (κ1) is 20.8. The van der Waals surface area contributed by atoms with Crippen LogP contribution in [0.25, 0.3) is 0 Å². The molecule has 9 heteroatoms. The zero-order valence-corrected chi connectivity index (χ0v) is 16.9. The normalized spacial score (nSPS) is 14.7. The van der Waals surface area contributed by atoms with Gasteiger partial charge in [0.2, 0.25) is 15.9 Å². The molecule has 4 N–H and O–H groups in total. The van der Waals surface area contributed by atoms with Gasteiger partial charge in [0.15, 0.2) is 0 Å². The summed E-state index contributed by atoms with van der Waals surface area (Å²) in [5.41, 5.74) is 7.66. The maximum Gasteiger partial charge on any atom is 0.312 e. The van der Waals surface area contributed by atoms with Crippen molar-refractivity contribution in [2.45, 2.75) is 30.8 Å². The fourth-order valence-corrected chi connectivity index (χ4v) is 4.58. The quantitative estimate of drug-likeness (QED) is 0.657. The molecule has 0 radical (unpaired) electrons. The van der Waals surface area contributed by atoms with E-state index in [-0.39, 0.29) is 23.4 Å². The number of rotatable bonds is 6. The summed E-state index contributed by atoms with van der Waals surface area (Å²) < 4.78 is 28.3. The molecule has 1 aliphatic rings. The molecule has 2 aromatic carbocycles. The summed E-state index contributed by atoms with van der Waals surface area (Å²) in [6.07, 6.45) is 0.537. The van der Waals surface area contributed by atoms with Crippen molar-refractivity contribution in [3.63, 3.8) is 0 Å². The van der Waals surface area contributed by atoms with Gasteiger partial charge in [0.1, 0.15) is 0 Å². The summed E-state index contributed by atoms with van der Waals surface area (Å²) in [5.74, 6) is -0.232. The first-order valence-electron chi connectivity index (χ1n) is 9.26. The van der Waals surface area contributed by atoms with Gasteiger partial charge in [-0.3, -0.25) is 4.79 Å². The zero-order chi connectivity index (χ0) is 21.0. The summed E-state index contributed by atoms with van der Waals surface area (Å²) in [7, 11) is -3.68. The van der Waals surface area contributed by atoms with Crippen LogP contribution in [-0.2, 0) is 27.8 Å². The van der Waals surface area contributed by atoms with Crippen LogP contribution in [0.5, 0.6) is 0 Å². The summed E-state index contributed by atoms with van der Waals surface area (Å²) in [4.78, 5) is 24.7. The van der Waals surface area contributed by atoms with Gasteiger partial charge in [-0.05, 0) is 42.2 Å². The molecule has 8 nitrogen and oxygen atoms in total. The number of primary amides is 1. The van der Waals surface area contributed by atoms with Crippen molar-refractivity contribution in [3.8, 4) is 0 Å². The van der Waals surface area contributed by atoms with E-state index >= 15 is 0 Å². The molecular formula is C20H24N4O4S. The molecule has 2 aromatic rings. The monoisotopic (exact) mass is 416 g/mol. The van der Waals surface area contributed by atoms with E-state index in [1.165, 1.54) is 0 Å². The second kappa shape index (κ2) is 8.62. The Morgan fingerprint density at radius 2 is 1.86 bits per heavy atom. The van der Waals surface area contributed by atoms with E-state index in [1.807, 2.05) is 30.3 Å². The summed E-state index contributed by atoms with van der Waals surface area (Å²) in [6.45, 7) is 2.46. The molecular weight excluding hydrogens is 392 g/mol. The zero-order valence-electron chi connectivity index (χ0n) is 16.1. The Labute approximate surface area is 170 Å². The molecule has 0 spiro atoms. The number of hydrogen-bond acceptors (Lipinski definition) is 4. The number of hydrogen-bond donors (Lipinski definition) is 3. The highest BCUT2D eigenvalue weighted by atomic mass is 32.2. The lowest BCUT2D eigenvalue weighted by Gasteiger charge is -2.29. The molecule has 0 aromatic heterocycles. The van der Waals surface area contributed by atoms with Crippen molar-refractivity contribution in [1.82, 2.24) is 14.9 Å². The molecule has 0 saturated heterocycles. The molecule has 0 bridgehead atoms. The number of nitrogens with one attached hydrogen (secondary N) is 2. The van der Waals surface area contributed by atoms with Gasteiger partial charge in [-0.25, -0.2) is 17.9 Å². The largest absolute Gasteiger partial charge is 0.352 e. The minimum absolute atomic E-state index is 0.154. The number of benzene rings is 2. The van der Waals surface area contributed by atoms with Gasteiger partial charge in [-0.2, -0.15) is 0 Å². The van der Waals surface area contributed by atoms with Gasteiger partial charge in [-0.15, -0.1) is 0 Å². The van der Waals surface area contributed by atoms with Crippen LogP contribution in [0.15, 0.2) is 53.4 Å². The molecule has 1 aliphatic heterocycles. The highest BCUT2D eigenvalue weighted by Gasteiger charge is 2.24. The second-order valence-electron chi connectivity index (χ2n) is 6.97. The van der Waals surface area contributed by atoms with Gasteiger partial charge >= 0.3 is 6.03 Å². The first-order valence-corrected chi connectivity index (χ1v) is 10.7. The Kier molecular flexibility index (Phi) is 6.19. The van der Waals surface area contributed by atoms with Gasteiger partial charge in [0.25, 0.3) is 0 Å². The number of fused-ring (bicyclic) bond motifs is 1. The van der Waals surface area contributed by atoms with Crippen molar-refractivity contribution in [2.24, 2.45) is 5.73 Å². The van der Waals surface area contributed by atoms with E-state index in [2.05, 4.69) is 10.0 Å². The predicted octanol–water partition coefficient (Wildman–Crippen LogP) is 1.28.